The number of halogens is 1. The van der Waals surface area contributed by atoms with E-state index in [1.54, 1.807) is 19.1 Å². The minimum atomic E-state index is -4.13. The van der Waals surface area contributed by atoms with Crippen LogP contribution in [-0.4, -0.2) is 88.5 Å². The van der Waals surface area contributed by atoms with Gasteiger partial charge in [0.1, 0.15) is 29.2 Å². The second-order valence-electron chi connectivity index (χ2n) is 11.1. The maximum Gasteiger partial charge on any atom is 0.248 e. The van der Waals surface area contributed by atoms with Crippen molar-refractivity contribution in [2.75, 3.05) is 39.9 Å². The van der Waals surface area contributed by atoms with Crippen LogP contribution < -0.4 is 20.2 Å². The first-order valence-electron chi connectivity index (χ1n) is 14.4. The van der Waals surface area contributed by atoms with E-state index in [1.165, 1.54) is 52.4 Å². The first-order valence-corrected chi connectivity index (χ1v) is 17.3. The minimum absolute atomic E-state index is 0.0253. The molecule has 2 fully saturated rings. The van der Waals surface area contributed by atoms with Crippen LogP contribution in [0.15, 0.2) is 63.2 Å². The van der Waals surface area contributed by atoms with Crippen molar-refractivity contribution in [1.29, 1.82) is 0 Å². The van der Waals surface area contributed by atoms with E-state index >= 15 is 0 Å². The zero-order chi connectivity index (χ0) is 31.7. The van der Waals surface area contributed by atoms with E-state index in [2.05, 4.69) is 10.0 Å². The first-order chi connectivity index (χ1) is 20.9. The third-order valence-electron chi connectivity index (χ3n) is 8.29. The number of ether oxygens (including phenoxy) is 2. The van der Waals surface area contributed by atoms with E-state index in [0.717, 1.165) is 0 Å². The molecule has 2 aromatic carbocycles. The molecule has 15 heteroatoms. The van der Waals surface area contributed by atoms with Crippen molar-refractivity contribution in [3.8, 4) is 5.75 Å². The number of aryl methyl sites for hydroxylation is 1. The molecule has 2 atom stereocenters. The predicted molar refractivity (Wildman–Crippen MR) is 161 cm³/mol. The number of para-hydroxylation sites is 1. The van der Waals surface area contributed by atoms with Gasteiger partial charge in [0, 0.05) is 44.5 Å². The fourth-order valence-electron chi connectivity index (χ4n) is 5.82. The average Bonchev–Trinajstić information content (AvgIpc) is 3.41. The van der Waals surface area contributed by atoms with E-state index < -0.39 is 43.0 Å². The largest absolute Gasteiger partial charge is 0.491 e. The Bertz CT molecular complexity index is 1790. The van der Waals surface area contributed by atoms with Crippen molar-refractivity contribution in [3.05, 3.63) is 64.7 Å². The number of aliphatic hydroxyl groups excluding tert-OH is 1. The third-order valence-corrected chi connectivity index (χ3v) is 11.6. The fraction of sp³-hybridized carbons (Fsp3) is 0.483. The van der Waals surface area contributed by atoms with Gasteiger partial charge in [-0.1, -0.05) is 12.1 Å². The molecule has 44 heavy (non-hydrogen) atoms. The van der Waals surface area contributed by atoms with Gasteiger partial charge < -0.3 is 24.5 Å². The third kappa shape index (κ3) is 6.54. The first kappa shape index (κ1) is 32.5. The Morgan fingerprint density at radius 3 is 2.59 bits per heavy atom. The lowest BCUT2D eigenvalue weighted by atomic mass is 9.88. The van der Waals surface area contributed by atoms with Crippen LogP contribution in [0.1, 0.15) is 26.2 Å². The summed E-state index contributed by atoms with van der Waals surface area (Å²) in [7, 11) is -6.43. The van der Waals surface area contributed by atoms with Crippen molar-refractivity contribution >= 4 is 30.9 Å². The molecule has 0 amide bonds. The molecule has 3 N–H and O–H groups in total. The maximum absolute atomic E-state index is 14.5. The van der Waals surface area contributed by atoms with Crippen LogP contribution in [0, 0.1) is 5.82 Å². The van der Waals surface area contributed by atoms with Crippen LogP contribution in [0.2, 0.25) is 0 Å². The Hall–Kier alpha value is -2.92. The molecule has 0 saturated carbocycles. The Morgan fingerprint density at radius 2 is 1.89 bits per heavy atom. The van der Waals surface area contributed by atoms with Crippen LogP contribution in [0.4, 0.5) is 4.39 Å². The number of pyridine rings is 1. The molecule has 3 heterocycles. The van der Waals surface area contributed by atoms with Gasteiger partial charge in [-0.05, 0) is 57.5 Å². The van der Waals surface area contributed by atoms with Gasteiger partial charge in [0.05, 0.1) is 28.0 Å². The standard InChI is InChI=1S/C29H37FN4O8S2/c1-3-33-17-26(28(36)24-8-5-9-25(30)27(24)33)44(39,40)34-12-10-29(11-13-34)15-20(18-42-29)32-16-21(35)19-41-22-6-4-7-23(14-22)43(37,38)31-2/h4-9,14,17,20-21,31-32,35H,3,10-13,15-16,18-19H2,1-2H3. The van der Waals surface area contributed by atoms with Crippen LogP contribution in [0.25, 0.3) is 10.9 Å². The van der Waals surface area contributed by atoms with Gasteiger partial charge in [0.15, 0.2) is 0 Å². The van der Waals surface area contributed by atoms with Crippen LogP contribution >= 0.6 is 0 Å². The van der Waals surface area contributed by atoms with Crippen molar-refractivity contribution in [2.24, 2.45) is 0 Å². The number of sulfonamides is 2. The summed E-state index contributed by atoms with van der Waals surface area (Å²) in [5.41, 5.74) is -1.16. The quantitative estimate of drug-likeness (QED) is 0.279. The highest BCUT2D eigenvalue weighted by Gasteiger charge is 2.45. The number of piperidine rings is 1. The molecule has 240 valence electrons. The lowest BCUT2D eigenvalue weighted by Gasteiger charge is -2.38. The van der Waals surface area contributed by atoms with E-state index in [4.69, 9.17) is 9.47 Å². The molecule has 5 rings (SSSR count). The number of nitrogens with zero attached hydrogens (tertiary/aromatic N) is 2. The number of rotatable bonds is 11. The van der Waals surface area contributed by atoms with Crippen molar-refractivity contribution in [1.82, 2.24) is 18.9 Å². The lowest BCUT2D eigenvalue weighted by Crippen LogP contribution is -2.47. The molecule has 1 aromatic heterocycles. The Labute approximate surface area is 255 Å². The van der Waals surface area contributed by atoms with Crippen molar-refractivity contribution in [2.45, 2.75) is 60.3 Å². The predicted octanol–water partition coefficient (Wildman–Crippen LogP) is 1.41. The molecule has 2 saturated heterocycles. The monoisotopic (exact) mass is 652 g/mol. The summed E-state index contributed by atoms with van der Waals surface area (Å²) in [4.78, 5) is 12.9. The molecule has 3 aromatic rings. The summed E-state index contributed by atoms with van der Waals surface area (Å²) in [6, 6.07) is 10.00. The van der Waals surface area contributed by atoms with Crippen molar-refractivity contribution < 1.29 is 35.8 Å². The minimum Gasteiger partial charge on any atom is -0.491 e. The van der Waals surface area contributed by atoms with E-state index in [-0.39, 0.29) is 53.0 Å². The molecular formula is C29H37FN4O8S2. The number of fused-ring (bicyclic) bond motifs is 1. The summed E-state index contributed by atoms with van der Waals surface area (Å²) >= 11 is 0. The fourth-order valence-corrected chi connectivity index (χ4v) is 8.13. The normalized spacial score (nSPS) is 19.9. The molecule has 2 aliphatic heterocycles. The van der Waals surface area contributed by atoms with Crippen LogP contribution in [0.5, 0.6) is 5.75 Å². The molecule has 0 bridgehead atoms. The average molecular weight is 653 g/mol. The number of aromatic nitrogens is 1. The summed E-state index contributed by atoms with van der Waals surface area (Å²) in [5, 5.41) is 13.7. The lowest BCUT2D eigenvalue weighted by molar-refractivity contribution is -0.0312. The Morgan fingerprint density at radius 1 is 1.16 bits per heavy atom. The summed E-state index contributed by atoms with van der Waals surface area (Å²) in [6.45, 7) is 2.93. The number of hydrogen-bond acceptors (Lipinski definition) is 9. The van der Waals surface area contributed by atoms with Gasteiger partial charge in [-0.3, -0.25) is 4.79 Å². The number of benzene rings is 2. The van der Waals surface area contributed by atoms with Gasteiger partial charge in [-0.2, -0.15) is 4.31 Å². The molecule has 12 nitrogen and oxygen atoms in total. The highest BCUT2D eigenvalue weighted by molar-refractivity contribution is 7.89. The molecule has 2 unspecified atom stereocenters. The zero-order valence-electron chi connectivity index (χ0n) is 24.5. The second kappa shape index (κ2) is 12.8. The summed E-state index contributed by atoms with van der Waals surface area (Å²) in [6.07, 6.45) is 1.86. The molecule has 2 aliphatic rings. The number of aliphatic hydroxyl groups is 1. The van der Waals surface area contributed by atoms with E-state index in [9.17, 15) is 31.1 Å². The van der Waals surface area contributed by atoms with Gasteiger partial charge in [0.25, 0.3) is 0 Å². The van der Waals surface area contributed by atoms with Crippen LogP contribution in [0.3, 0.4) is 0 Å². The van der Waals surface area contributed by atoms with E-state index in [0.29, 0.717) is 38.2 Å². The van der Waals surface area contributed by atoms with Gasteiger partial charge in [-0.25, -0.2) is 25.9 Å². The van der Waals surface area contributed by atoms with Gasteiger partial charge in [-0.15, -0.1) is 0 Å². The smallest absolute Gasteiger partial charge is 0.248 e. The summed E-state index contributed by atoms with van der Waals surface area (Å²) < 4.78 is 82.4. The molecule has 1 spiro atoms. The molecule has 0 radical (unpaired) electrons. The summed E-state index contributed by atoms with van der Waals surface area (Å²) in [5.74, 6) is -0.269. The molecular weight excluding hydrogens is 615 g/mol. The highest BCUT2D eigenvalue weighted by Crippen LogP contribution is 2.37. The number of hydrogen-bond donors (Lipinski definition) is 3. The number of nitrogens with one attached hydrogen (secondary N) is 2. The van der Waals surface area contributed by atoms with Gasteiger partial charge in [0.2, 0.25) is 25.5 Å². The van der Waals surface area contributed by atoms with Gasteiger partial charge >= 0.3 is 0 Å². The highest BCUT2D eigenvalue weighted by atomic mass is 32.2. The van der Waals surface area contributed by atoms with Crippen LogP contribution in [-0.2, 0) is 31.3 Å². The second-order valence-corrected chi connectivity index (χ2v) is 14.9. The maximum atomic E-state index is 14.5. The Kier molecular flexibility index (Phi) is 9.47. The zero-order valence-corrected chi connectivity index (χ0v) is 26.2. The Balaban J connectivity index is 1.15. The van der Waals surface area contributed by atoms with Crippen molar-refractivity contribution in [3.63, 3.8) is 0 Å². The topological polar surface area (TPSA) is 156 Å². The van der Waals surface area contributed by atoms with E-state index in [1.807, 2.05) is 0 Å². The molecule has 0 aliphatic carbocycles. The SMILES string of the molecule is CCn1cc(S(=O)(=O)N2CCC3(CC2)CC(NCC(O)COc2cccc(S(=O)(=O)NC)c2)CO3)c(=O)c2cccc(F)c21.